The average Bonchev–Trinajstić information content (AvgIpc) is 3.40. The molecule has 0 bridgehead atoms. The van der Waals surface area contributed by atoms with E-state index in [9.17, 15) is 9.18 Å². The second-order valence-corrected chi connectivity index (χ2v) is 8.11. The minimum absolute atomic E-state index is 0.141. The lowest BCUT2D eigenvalue weighted by atomic mass is 9.92. The van der Waals surface area contributed by atoms with Gasteiger partial charge in [0.15, 0.2) is 0 Å². The third-order valence-corrected chi connectivity index (χ3v) is 6.20. The van der Waals surface area contributed by atoms with Crippen LogP contribution in [-0.4, -0.2) is 27.4 Å². The van der Waals surface area contributed by atoms with Crippen LogP contribution in [0.3, 0.4) is 0 Å². The molecule has 1 aliphatic rings. The van der Waals surface area contributed by atoms with Gasteiger partial charge < -0.3 is 14.6 Å². The lowest BCUT2D eigenvalue weighted by molar-refractivity contribution is -0.141. The lowest BCUT2D eigenvalue weighted by Gasteiger charge is -2.24. The molecule has 0 radical (unpaired) electrons. The van der Waals surface area contributed by atoms with Gasteiger partial charge in [-0.1, -0.05) is 30.3 Å². The van der Waals surface area contributed by atoms with Crippen LogP contribution >= 0.6 is 0 Å². The molecule has 1 atom stereocenters. The van der Waals surface area contributed by atoms with E-state index >= 15 is 0 Å². The number of methoxy groups -OCH3 is 1. The Morgan fingerprint density at radius 2 is 2.03 bits per heavy atom. The molecule has 0 saturated carbocycles. The number of ether oxygens (including phenoxy) is 1. The fourth-order valence-corrected chi connectivity index (χ4v) is 4.63. The van der Waals surface area contributed by atoms with Gasteiger partial charge in [0.05, 0.1) is 13.3 Å². The number of esters is 1. The van der Waals surface area contributed by atoms with Gasteiger partial charge in [-0.25, -0.2) is 9.07 Å². The van der Waals surface area contributed by atoms with Crippen LogP contribution in [0.4, 0.5) is 4.39 Å². The molecule has 0 fully saturated rings. The SMILES string of the molecule is COC(=O)Cn1cc(CN[C@H]2CCCc3c2cnn3-c2ccccc2F)c2ccccc21. The number of hydrogen-bond acceptors (Lipinski definition) is 4. The Balaban J connectivity index is 1.40. The van der Waals surface area contributed by atoms with Crippen molar-refractivity contribution < 1.29 is 13.9 Å². The summed E-state index contributed by atoms with van der Waals surface area (Å²) in [4.78, 5) is 11.8. The molecule has 32 heavy (non-hydrogen) atoms. The Bertz CT molecular complexity index is 1280. The fraction of sp³-hybridized carbons (Fsp3) is 0.280. The van der Waals surface area contributed by atoms with E-state index in [-0.39, 0.29) is 24.4 Å². The number of aromatic nitrogens is 3. The van der Waals surface area contributed by atoms with Crippen LogP contribution < -0.4 is 5.32 Å². The fourth-order valence-electron chi connectivity index (χ4n) is 4.63. The van der Waals surface area contributed by atoms with Crippen LogP contribution in [0.25, 0.3) is 16.6 Å². The van der Waals surface area contributed by atoms with Gasteiger partial charge in [-0.3, -0.25) is 4.79 Å². The molecule has 2 aromatic heterocycles. The van der Waals surface area contributed by atoms with E-state index in [1.54, 1.807) is 16.8 Å². The van der Waals surface area contributed by atoms with Crippen LogP contribution in [0.5, 0.6) is 0 Å². The first-order chi connectivity index (χ1) is 15.7. The summed E-state index contributed by atoms with van der Waals surface area (Å²) in [7, 11) is 1.40. The van der Waals surface area contributed by atoms with E-state index < -0.39 is 0 Å². The maximum absolute atomic E-state index is 14.3. The number of carbonyl (C=O) groups is 1. The summed E-state index contributed by atoms with van der Waals surface area (Å²) < 4.78 is 22.9. The van der Waals surface area contributed by atoms with Gasteiger partial charge in [0.1, 0.15) is 18.0 Å². The highest BCUT2D eigenvalue weighted by Gasteiger charge is 2.25. The second-order valence-electron chi connectivity index (χ2n) is 8.11. The van der Waals surface area contributed by atoms with Crippen molar-refractivity contribution in [3.63, 3.8) is 0 Å². The van der Waals surface area contributed by atoms with Crippen LogP contribution in [0.1, 0.15) is 35.7 Å². The van der Waals surface area contributed by atoms with Crippen LogP contribution in [0.15, 0.2) is 60.9 Å². The molecule has 0 unspecified atom stereocenters. The molecule has 6 nitrogen and oxygen atoms in total. The monoisotopic (exact) mass is 432 g/mol. The maximum Gasteiger partial charge on any atom is 0.325 e. The molecule has 1 aliphatic carbocycles. The lowest BCUT2D eigenvalue weighted by Crippen LogP contribution is -2.25. The van der Waals surface area contributed by atoms with Crippen molar-refractivity contribution in [1.29, 1.82) is 0 Å². The predicted octanol–water partition coefficient (Wildman–Crippen LogP) is 4.31. The van der Waals surface area contributed by atoms with Gasteiger partial charge in [-0.05, 0) is 43.0 Å². The molecule has 164 valence electrons. The normalized spacial score (nSPS) is 15.6. The van der Waals surface area contributed by atoms with Crippen molar-refractivity contribution in [3.8, 4) is 5.69 Å². The molecule has 0 aliphatic heterocycles. The van der Waals surface area contributed by atoms with Crippen molar-refractivity contribution in [2.75, 3.05) is 7.11 Å². The number of nitrogens with one attached hydrogen (secondary N) is 1. The van der Waals surface area contributed by atoms with Crippen molar-refractivity contribution in [3.05, 3.63) is 83.6 Å². The number of rotatable bonds is 6. The van der Waals surface area contributed by atoms with Crippen LogP contribution in [0.2, 0.25) is 0 Å². The van der Waals surface area contributed by atoms with Gasteiger partial charge >= 0.3 is 5.97 Å². The Morgan fingerprint density at radius 1 is 1.22 bits per heavy atom. The Kier molecular flexibility index (Phi) is 5.49. The number of hydrogen-bond donors (Lipinski definition) is 1. The highest BCUT2D eigenvalue weighted by atomic mass is 19.1. The number of nitrogens with zero attached hydrogens (tertiary/aromatic N) is 3. The molecular weight excluding hydrogens is 407 g/mol. The summed E-state index contributed by atoms with van der Waals surface area (Å²) in [5, 5.41) is 9.29. The molecule has 1 N–H and O–H groups in total. The van der Waals surface area contributed by atoms with E-state index in [1.165, 1.54) is 13.2 Å². The first kappa shape index (κ1) is 20.5. The van der Waals surface area contributed by atoms with Crippen molar-refractivity contribution in [2.45, 2.75) is 38.4 Å². The van der Waals surface area contributed by atoms with E-state index in [0.29, 0.717) is 12.2 Å². The molecule has 2 heterocycles. The topological polar surface area (TPSA) is 61.1 Å². The van der Waals surface area contributed by atoms with Gasteiger partial charge in [0.2, 0.25) is 0 Å². The van der Waals surface area contributed by atoms with Crippen LogP contribution in [-0.2, 0) is 29.0 Å². The zero-order valence-electron chi connectivity index (χ0n) is 17.9. The molecule has 4 aromatic rings. The number of benzene rings is 2. The minimum atomic E-state index is -0.275. The van der Waals surface area contributed by atoms with Crippen molar-refractivity contribution in [1.82, 2.24) is 19.7 Å². The van der Waals surface area contributed by atoms with Gasteiger partial charge in [-0.2, -0.15) is 5.10 Å². The van der Waals surface area contributed by atoms with E-state index in [0.717, 1.165) is 47.0 Å². The molecular formula is C25H25FN4O2. The van der Waals surface area contributed by atoms with Crippen LogP contribution in [0, 0.1) is 5.82 Å². The Hall–Kier alpha value is -3.45. The summed E-state index contributed by atoms with van der Waals surface area (Å²) in [6.45, 7) is 0.837. The summed E-state index contributed by atoms with van der Waals surface area (Å²) >= 11 is 0. The minimum Gasteiger partial charge on any atom is -0.468 e. The number of halogens is 1. The summed E-state index contributed by atoms with van der Waals surface area (Å²) in [5.74, 6) is -0.547. The third kappa shape index (κ3) is 3.69. The Morgan fingerprint density at radius 3 is 2.88 bits per heavy atom. The molecule has 7 heteroatoms. The molecule has 5 rings (SSSR count). The van der Waals surface area contributed by atoms with E-state index in [1.807, 2.05) is 41.2 Å². The highest BCUT2D eigenvalue weighted by molar-refractivity contribution is 5.85. The summed E-state index contributed by atoms with van der Waals surface area (Å²) in [6, 6.07) is 14.9. The van der Waals surface area contributed by atoms with E-state index in [2.05, 4.69) is 16.5 Å². The molecule has 0 spiro atoms. The zero-order chi connectivity index (χ0) is 22.1. The number of carbonyl (C=O) groups excluding carboxylic acids is 1. The highest BCUT2D eigenvalue weighted by Crippen LogP contribution is 2.32. The number of para-hydroxylation sites is 2. The van der Waals surface area contributed by atoms with Gasteiger partial charge in [-0.15, -0.1) is 0 Å². The third-order valence-electron chi connectivity index (χ3n) is 6.20. The van der Waals surface area contributed by atoms with Gasteiger partial charge in [0, 0.05) is 40.9 Å². The zero-order valence-corrected chi connectivity index (χ0v) is 17.9. The second kappa shape index (κ2) is 8.59. The smallest absolute Gasteiger partial charge is 0.325 e. The average molecular weight is 432 g/mol. The largest absolute Gasteiger partial charge is 0.468 e. The molecule has 0 saturated heterocycles. The summed E-state index contributed by atoms with van der Waals surface area (Å²) in [6.07, 6.45) is 6.76. The number of fused-ring (bicyclic) bond motifs is 2. The maximum atomic E-state index is 14.3. The molecule has 2 aromatic carbocycles. The Labute approximate surface area is 185 Å². The first-order valence-corrected chi connectivity index (χ1v) is 10.8. The van der Waals surface area contributed by atoms with E-state index in [4.69, 9.17) is 4.74 Å². The first-order valence-electron chi connectivity index (χ1n) is 10.8. The standard InChI is InChI=1S/C25H25FN4O2/c1-32-25(31)16-29-15-17(18-7-2-4-10-22(18)29)13-27-21-9-6-12-23-19(21)14-28-30(23)24-11-5-3-8-20(24)26/h2-5,7-8,10-11,14-15,21,27H,6,9,12-13,16H2,1H3/t21-/m0/s1. The van der Waals surface area contributed by atoms with Crippen molar-refractivity contribution in [2.24, 2.45) is 0 Å². The quantitative estimate of drug-likeness (QED) is 0.462. The summed E-state index contributed by atoms with van der Waals surface area (Å²) in [5.41, 5.74) is 4.80. The van der Waals surface area contributed by atoms with Gasteiger partial charge in [0.25, 0.3) is 0 Å². The predicted molar refractivity (Wildman–Crippen MR) is 120 cm³/mol. The van der Waals surface area contributed by atoms with Crippen molar-refractivity contribution >= 4 is 16.9 Å². The molecule has 0 amide bonds.